The molecule has 7 nitrogen and oxygen atoms in total. The predicted molar refractivity (Wildman–Crippen MR) is 90.5 cm³/mol. The van der Waals surface area contributed by atoms with Crippen molar-refractivity contribution in [3.63, 3.8) is 0 Å². The van der Waals surface area contributed by atoms with Crippen LogP contribution < -0.4 is 0 Å². The van der Waals surface area contributed by atoms with Gasteiger partial charge in [0, 0.05) is 24.8 Å². The zero-order valence-corrected chi connectivity index (χ0v) is 14.9. The molecule has 1 saturated carbocycles. The van der Waals surface area contributed by atoms with Crippen LogP contribution in [0.3, 0.4) is 0 Å². The van der Waals surface area contributed by atoms with Gasteiger partial charge in [0.25, 0.3) is 0 Å². The SMILES string of the molecule is C1CC2CN(C1)CC2c1nsnc1SCC1CC1.O=C(O)C(=O)O. The van der Waals surface area contributed by atoms with Crippen molar-refractivity contribution in [1.29, 1.82) is 0 Å². The van der Waals surface area contributed by atoms with Crippen molar-refractivity contribution in [3.8, 4) is 0 Å². The first-order chi connectivity index (χ1) is 11.5. The molecule has 2 bridgehead atoms. The third-order valence-electron chi connectivity index (χ3n) is 4.73. The molecule has 3 aliphatic rings. The molecule has 132 valence electrons. The number of carbonyl (C=O) groups is 2. The van der Waals surface area contributed by atoms with Crippen molar-refractivity contribution >= 4 is 35.4 Å². The molecule has 0 amide bonds. The third kappa shape index (κ3) is 4.46. The lowest BCUT2D eigenvalue weighted by Crippen LogP contribution is -2.25. The van der Waals surface area contributed by atoms with Crippen LogP contribution in [0.25, 0.3) is 0 Å². The highest BCUT2D eigenvalue weighted by atomic mass is 32.2. The van der Waals surface area contributed by atoms with E-state index in [-0.39, 0.29) is 0 Å². The van der Waals surface area contributed by atoms with Crippen LogP contribution in [0.2, 0.25) is 0 Å². The molecule has 1 aromatic rings. The Hall–Kier alpha value is -1.19. The minimum absolute atomic E-state index is 0.674. The van der Waals surface area contributed by atoms with Gasteiger partial charge in [0.05, 0.1) is 17.4 Å². The number of carboxylic acid groups (broad SMARTS) is 2. The van der Waals surface area contributed by atoms with Crippen molar-refractivity contribution < 1.29 is 19.8 Å². The van der Waals surface area contributed by atoms with E-state index in [1.54, 1.807) is 0 Å². The van der Waals surface area contributed by atoms with E-state index < -0.39 is 11.9 Å². The topological polar surface area (TPSA) is 104 Å². The highest BCUT2D eigenvalue weighted by molar-refractivity contribution is 7.99. The largest absolute Gasteiger partial charge is 0.473 e. The van der Waals surface area contributed by atoms with Crippen molar-refractivity contribution in [2.45, 2.75) is 36.6 Å². The molecule has 3 fully saturated rings. The molecule has 2 N–H and O–H groups in total. The van der Waals surface area contributed by atoms with E-state index in [2.05, 4.69) is 13.6 Å². The Bertz CT molecular complexity index is 593. The molecule has 1 aromatic heterocycles. The fraction of sp³-hybridized carbons (Fsp3) is 0.733. The Morgan fingerprint density at radius 1 is 1.17 bits per heavy atom. The lowest BCUT2D eigenvalue weighted by molar-refractivity contribution is -0.159. The van der Waals surface area contributed by atoms with Gasteiger partial charge in [0.1, 0.15) is 5.03 Å². The van der Waals surface area contributed by atoms with Crippen LogP contribution in [0, 0.1) is 11.8 Å². The maximum atomic E-state index is 9.10. The Kier molecular flexibility index (Phi) is 5.72. The Morgan fingerprint density at radius 3 is 2.54 bits per heavy atom. The van der Waals surface area contributed by atoms with Gasteiger partial charge in [0.15, 0.2) is 0 Å². The van der Waals surface area contributed by atoms with Crippen molar-refractivity contribution in [2.24, 2.45) is 11.8 Å². The van der Waals surface area contributed by atoms with Crippen LogP contribution in [0.15, 0.2) is 5.03 Å². The van der Waals surface area contributed by atoms with Crippen LogP contribution in [-0.4, -0.2) is 61.2 Å². The summed E-state index contributed by atoms with van der Waals surface area (Å²) in [5, 5.41) is 16.0. The van der Waals surface area contributed by atoms with Crippen LogP contribution in [-0.2, 0) is 9.59 Å². The molecular formula is C15H21N3O4S2. The van der Waals surface area contributed by atoms with E-state index in [9.17, 15) is 0 Å². The maximum absolute atomic E-state index is 9.10. The summed E-state index contributed by atoms with van der Waals surface area (Å²) in [6.07, 6.45) is 5.63. The smallest absolute Gasteiger partial charge is 0.414 e. The molecular weight excluding hydrogens is 350 g/mol. The molecule has 3 heterocycles. The normalized spacial score (nSPS) is 28.1. The van der Waals surface area contributed by atoms with Gasteiger partial charge in [0.2, 0.25) is 0 Å². The molecule has 0 radical (unpaired) electrons. The van der Waals surface area contributed by atoms with Crippen LogP contribution >= 0.6 is 23.5 Å². The Balaban J connectivity index is 0.000000246. The highest BCUT2D eigenvalue weighted by Crippen LogP contribution is 2.42. The molecule has 24 heavy (non-hydrogen) atoms. The quantitative estimate of drug-likeness (QED) is 0.612. The molecule has 4 rings (SSSR count). The number of piperidine rings is 1. The number of thioether (sulfide) groups is 1. The minimum atomic E-state index is -1.82. The average molecular weight is 371 g/mol. The Morgan fingerprint density at radius 2 is 1.92 bits per heavy atom. The van der Waals surface area contributed by atoms with Gasteiger partial charge in [-0.3, -0.25) is 0 Å². The molecule has 3 unspecified atom stereocenters. The highest BCUT2D eigenvalue weighted by Gasteiger charge is 2.39. The van der Waals surface area contributed by atoms with Crippen molar-refractivity contribution in [2.75, 3.05) is 25.4 Å². The van der Waals surface area contributed by atoms with Gasteiger partial charge in [-0.1, -0.05) is 0 Å². The van der Waals surface area contributed by atoms with E-state index in [0.717, 1.165) is 11.8 Å². The molecule has 0 spiro atoms. The van der Waals surface area contributed by atoms with E-state index in [0.29, 0.717) is 5.92 Å². The molecule has 2 aliphatic heterocycles. The predicted octanol–water partition coefficient (Wildman–Crippen LogP) is 2.00. The van der Waals surface area contributed by atoms with E-state index >= 15 is 0 Å². The fourth-order valence-electron chi connectivity index (χ4n) is 3.32. The van der Waals surface area contributed by atoms with E-state index in [1.807, 2.05) is 11.8 Å². The molecule has 2 saturated heterocycles. The molecule has 3 atom stereocenters. The van der Waals surface area contributed by atoms with Gasteiger partial charge in [-0.15, -0.1) is 11.8 Å². The summed E-state index contributed by atoms with van der Waals surface area (Å²) in [7, 11) is 0. The minimum Gasteiger partial charge on any atom is -0.473 e. The van der Waals surface area contributed by atoms with Gasteiger partial charge in [-0.2, -0.15) is 8.75 Å². The summed E-state index contributed by atoms with van der Waals surface area (Å²) in [4.78, 5) is 20.8. The second kappa shape index (κ2) is 7.79. The van der Waals surface area contributed by atoms with Gasteiger partial charge in [-0.25, -0.2) is 9.59 Å². The zero-order chi connectivity index (χ0) is 17.1. The number of hydrogen-bond acceptors (Lipinski definition) is 7. The summed E-state index contributed by atoms with van der Waals surface area (Å²) in [5.41, 5.74) is 1.33. The maximum Gasteiger partial charge on any atom is 0.414 e. The molecule has 0 aromatic carbocycles. The summed E-state index contributed by atoms with van der Waals surface area (Å²) in [5.74, 6) is 0.108. The van der Waals surface area contributed by atoms with Gasteiger partial charge in [-0.05, 0) is 44.1 Å². The first-order valence-electron chi connectivity index (χ1n) is 8.18. The standard InChI is InChI=1S/C13H19N3S2.C2H2O4/c1-2-10-6-16(5-1)7-11(10)12-13(15-18-14-12)17-8-9-3-4-9;3-1(4)2(5)6/h9-11H,1-8H2;(H,3,4)(H,5,6). The number of carboxylic acids is 2. The van der Waals surface area contributed by atoms with E-state index in [1.165, 1.54) is 73.5 Å². The van der Waals surface area contributed by atoms with Gasteiger partial charge < -0.3 is 15.1 Å². The number of aromatic nitrogens is 2. The van der Waals surface area contributed by atoms with Gasteiger partial charge >= 0.3 is 11.9 Å². The number of fused-ring (bicyclic) bond motifs is 2. The second-order valence-corrected chi connectivity index (χ2v) is 8.12. The van der Waals surface area contributed by atoms with Crippen molar-refractivity contribution in [3.05, 3.63) is 5.69 Å². The van der Waals surface area contributed by atoms with E-state index in [4.69, 9.17) is 19.8 Å². The Labute approximate surface area is 148 Å². The van der Waals surface area contributed by atoms with Crippen LogP contribution in [0.1, 0.15) is 37.3 Å². The van der Waals surface area contributed by atoms with Crippen LogP contribution in [0.4, 0.5) is 0 Å². The van der Waals surface area contributed by atoms with Crippen LogP contribution in [0.5, 0.6) is 0 Å². The first kappa shape index (κ1) is 17.6. The fourth-order valence-corrected chi connectivity index (χ4v) is 5.28. The van der Waals surface area contributed by atoms with Crippen molar-refractivity contribution in [1.82, 2.24) is 13.6 Å². The first-order valence-corrected chi connectivity index (χ1v) is 9.90. The number of rotatable bonds is 4. The summed E-state index contributed by atoms with van der Waals surface area (Å²) in [6.45, 7) is 3.83. The molecule has 9 heteroatoms. The summed E-state index contributed by atoms with van der Waals surface area (Å²) in [6, 6.07) is 0. The average Bonchev–Trinajstić information content (AvgIpc) is 3.20. The zero-order valence-electron chi connectivity index (χ0n) is 13.3. The lowest BCUT2D eigenvalue weighted by atomic mass is 9.89. The lowest BCUT2D eigenvalue weighted by Gasteiger charge is -2.21. The number of nitrogens with zero attached hydrogens (tertiary/aromatic N) is 3. The second-order valence-electron chi connectivity index (χ2n) is 6.59. The number of aliphatic carboxylic acids is 2. The summed E-state index contributed by atoms with van der Waals surface area (Å²) < 4.78 is 9.19. The third-order valence-corrected chi connectivity index (χ3v) is 6.60. The number of hydrogen-bond donors (Lipinski definition) is 2. The molecule has 1 aliphatic carbocycles. The monoisotopic (exact) mass is 371 g/mol. The summed E-state index contributed by atoms with van der Waals surface area (Å²) >= 11 is 3.38.